The van der Waals surface area contributed by atoms with E-state index in [0.29, 0.717) is 0 Å². The van der Waals surface area contributed by atoms with Crippen molar-refractivity contribution >= 4 is 11.8 Å². The Bertz CT molecular complexity index is 579. The summed E-state index contributed by atoms with van der Waals surface area (Å²) in [5, 5.41) is 13.0. The molecule has 0 bridgehead atoms. The molecule has 0 aliphatic carbocycles. The molecule has 3 rings (SSSR count). The summed E-state index contributed by atoms with van der Waals surface area (Å²) in [5.41, 5.74) is 1.31. The van der Waals surface area contributed by atoms with Crippen LogP contribution in [0.1, 0.15) is 30.7 Å². The molecule has 1 aliphatic rings. The molecule has 20 heavy (non-hydrogen) atoms. The van der Waals surface area contributed by atoms with E-state index in [1.54, 1.807) is 11.8 Å². The Balaban J connectivity index is 1.86. The molecular weight excluding hydrogens is 268 g/mol. The number of hydrogen-bond donors (Lipinski definition) is 1. The number of hydrogen-bond acceptors (Lipinski definition) is 4. The van der Waals surface area contributed by atoms with E-state index in [2.05, 4.69) is 44.3 Å². The number of fused-ring (bicyclic) bond motifs is 1. The van der Waals surface area contributed by atoms with Crippen LogP contribution < -0.4 is 5.32 Å². The van der Waals surface area contributed by atoms with Crippen LogP contribution in [0.25, 0.3) is 0 Å². The van der Waals surface area contributed by atoms with Gasteiger partial charge in [0.2, 0.25) is 0 Å². The smallest absolute Gasteiger partial charge is 0.196 e. The first-order valence-corrected chi connectivity index (χ1v) is 8.02. The van der Waals surface area contributed by atoms with Crippen LogP contribution in [0.15, 0.2) is 34.3 Å². The Morgan fingerprint density at radius 2 is 2.10 bits per heavy atom. The zero-order chi connectivity index (χ0) is 13.8. The van der Waals surface area contributed by atoms with Gasteiger partial charge in [0.25, 0.3) is 0 Å². The minimum Gasteiger partial charge on any atom is -0.316 e. The molecule has 5 heteroatoms. The number of benzene rings is 1. The fourth-order valence-corrected chi connectivity index (χ4v) is 3.58. The van der Waals surface area contributed by atoms with Crippen molar-refractivity contribution in [2.24, 2.45) is 0 Å². The summed E-state index contributed by atoms with van der Waals surface area (Å²) >= 11 is 1.73. The van der Waals surface area contributed by atoms with Crippen LogP contribution in [0.5, 0.6) is 0 Å². The molecule has 2 heterocycles. The summed E-state index contributed by atoms with van der Waals surface area (Å²) in [6, 6.07) is 8.50. The first-order valence-electron chi connectivity index (χ1n) is 7.21. The third-order valence-corrected chi connectivity index (χ3v) is 4.72. The van der Waals surface area contributed by atoms with E-state index in [9.17, 15) is 0 Å². The maximum Gasteiger partial charge on any atom is 0.196 e. The molecule has 0 spiro atoms. The molecule has 0 saturated heterocycles. The lowest BCUT2D eigenvalue weighted by Crippen LogP contribution is -2.06. The van der Waals surface area contributed by atoms with Gasteiger partial charge in [0.1, 0.15) is 5.82 Å². The molecule has 4 nitrogen and oxygen atoms in total. The van der Waals surface area contributed by atoms with Crippen molar-refractivity contribution < 1.29 is 0 Å². The highest BCUT2D eigenvalue weighted by Gasteiger charge is 2.16. The van der Waals surface area contributed by atoms with Crippen molar-refractivity contribution in [3.63, 3.8) is 0 Å². The van der Waals surface area contributed by atoms with E-state index in [-0.39, 0.29) is 0 Å². The lowest BCUT2D eigenvalue weighted by atomic mass is 10.2. The standard InChI is InChI=1S/C15H20N4S/c1-16-11-12-7-4-5-8-13(12)20-15-18-17-14-9-3-2-6-10-19(14)15/h4-5,7-8,16H,2-3,6,9-11H2,1H3. The fourth-order valence-electron chi connectivity index (χ4n) is 2.57. The number of aromatic nitrogens is 3. The highest BCUT2D eigenvalue weighted by molar-refractivity contribution is 7.99. The Morgan fingerprint density at radius 1 is 1.20 bits per heavy atom. The first kappa shape index (κ1) is 13.6. The van der Waals surface area contributed by atoms with Crippen LogP contribution in [-0.2, 0) is 19.5 Å². The Morgan fingerprint density at radius 3 is 3.00 bits per heavy atom. The maximum absolute atomic E-state index is 4.39. The van der Waals surface area contributed by atoms with Gasteiger partial charge in [-0.15, -0.1) is 10.2 Å². The summed E-state index contributed by atoms with van der Waals surface area (Å²) in [6.07, 6.45) is 4.82. The summed E-state index contributed by atoms with van der Waals surface area (Å²) in [4.78, 5) is 1.27. The van der Waals surface area contributed by atoms with E-state index in [1.165, 1.54) is 29.7 Å². The van der Waals surface area contributed by atoms with Crippen molar-refractivity contribution in [2.45, 2.75) is 48.8 Å². The molecule has 0 amide bonds. The van der Waals surface area contributed by atoms with Gasteiger partial charge in [-0.1, -0.05) is 24.6 Å². The molecule has 0 fully saturated rings. The minimum absolute atomic E-state index is 0.879. The molecule has 0 saturated carbocycles. The average Bonchev–Trinajstić information content (AvgIpc) is 2.70. The monoisotopic (exact) mass is 288 g/mol. The molecule has 1 N–H and O–H groups in total. The van der Waals surface area contributed by atoms with Gasteiger partial charge in [0, 0.05) is 24.4 Å². The zero-order valence-corrected chi connectivity index (χ0v) is 12.6. The van der Waals surface area contributed by atoms with Crippen LogP contribution in [-0.4, -0.2) is 21.8 Å². The second-order valence-electron chi connectivity index (χ2n) is 5.10. The van der Waals surface area contributed by atoms with Crippen molar-refractivity contribution in [1.82, 2.24) is 20.1 Å². The molecule has 0 radical (unpaired) electrons. The largest absolute Gasteiger partial charge is 0.316 e. The summed E-state index contributed by atoms with van der Waals surface area (Å²) in [6.45, 7) is 1.93. The molecule has 2 aromatic rings. The van der Waals surface area contributed by atoms with Crippen molar-refractivity contribution in [2.75, 3.05) is 7.05 Å². The molecule has 1 aromatic heterocycles. The molecule has 1 aliphatic heterocycles. The van der Waals surface area contributed by atoms with Gasteiger partial charge in [-0.25, -0.2) is 0 Å². The second kappa shape index (κ2) is 6.41. The molecular formula is C15H20N4S. The van der Waals surface area contributed by atoms with Crippen molar-refractivity contribution in [1.29, 1.82) is 0 Å². The number of nitrogens with zero attached hydrogens (tertiary/aromatic N) is 3. The fraction of sp³-hybridized carbons (Fsp3) is 0.467. The summed E-state index contributed by atoms with van der Waals surface area (Å²) < 4.78 is 2.30. The van der Waals surface area contributed by atoms with Gasteiger partial charge in [0.05, 0.1) is 0 Å². The quantitative estimate of drug-likeness (QED) is 0.939. The van der Waals surface area contributed by atoms with Crippen molar-refractivity contribution in [3.05, 3.63) is 35.7 Å². The van der Waals surface area contributed by atoms with E-state index < -0.39 is 0 Å². The number of rotatable bonds is 4. The second-order valence-corrected chi connectivity index (χ2v) is 6.11. The van der Waals surface area contributed by atoms with Crippen LogP contribution in [0.3, 0.4) is 0 Å². The number of nitrogens with one attached hydrogen (secondary N) is 1. The predicted octanol–water partition coefficient (Wildman–Crippen LogP) is 2.88. The van der Waals surface area contributed by atoms with E-state index in [0.717, 1.165) is 30.5 Å². The average molecular weight is 288 g/mol. The van der Waals surface area contributed by atoms with Crippen molar-refractivity contribution in [3.8, 4) is 0 Å². The molecule has 0 atom stereocenters. The van der Waals surface area contributed by atoms with Gasteiger partial charge in [-0.2, -0.15) is 0 Å². The lowest BCUT2D eigenvalue weighted by Gasteiger charge is -2.09. The number of aryl methyl sites for hydroxylation is 1. The highest BCUT2D eigenvalue weighted by Crippen LogP contribution is 2.30. The first-order chi connectivity index (χ1) is 9.88. The zero-order valence-electron chi connectivity index (χ0n) is 11.8. The van der Waals surface area contributed by atoms with E-state index >= 15 is 0 Å². The van der Waals surface area contributed by atoms with Crippen LogP contribution in [0.2, 0.25) is 0 Å². The maximum atomic E-state index is 4.39. The summed E-state index contributed by atoms with van der Waals surface area (Å²) in [7, 11) is 1.98. The van der Waals surface area contributed by atoms with Gasteiger partial charge in [-0.3, -0.25) is 0 Å². The molecule has 0 unspecified atom stereocenters. The van der Waals surface area contributed by atoms with Gasteiger partial charge in [0.15, 0.2) is 5.16 Å². The topological polar surface area (TPSA) is 42.7 Å². The van der Waals surface area contributed by atoms with Gasteiger partial charge < -0.3 is 9.88 Å². The Kier molecular flexibility index (Phi) is 4.38. The molecule has 1 aromatic carbocycles. The SMILES string of the molecule is CNCc1ccccc1Sc1nnc2n1CCCCC2. The third kappa shape index (κ3) is 2.88. The Hall–Kier alpha value is -1.33. The normalized spacial score (nSPS) is 14.8. The summed E-state index contributed by atoms with van der Waals surface area (Å²) in [5.74, 6) is 1.15. The van der Waals surface area contributed by atoms with E-state index in [4.69, 9.17) is 0 Å². The van der Waals surface area contributed by atoms with Crippen LogP contribution >= 0.6 is 11.8 Å². The van der Waals surface area contributed by atoms with Crippen LogP contribution in [0, 0.1) is 0 Å². The van der Waals surface area contributed by atoms with Gasteiger partial charge >= 0.3 is 0 Å². The predicted molar refractivity (Wildman–Crippen MR) is 80.9 cm³/mol. The van der Waals surface area contributed by atoms with E-state index in [1.807, 2.05) is 7.05 Å². The lowest BCUT2D eigenvalue weighted by molar-refractivity contribution is 0.591. The third-order valence-electron chi connectivity index (χ3n) is 3.62. The van der Waals surface area contributed by atoms with Gasteiger partial charge in [-0.05, 0) is 43.3 Å². The Labute approximate surface area is 124 Å². The van der Waals surface area contributed by atoms with Crippen LogP contribution in [0.4, 0.5) is 0 Å². The molecule has 106 valence electrons. The minimum atomic E-state index is 0.879. The highest BCUT2D eigenvalue weighted by atomic mass is 32.2.